The van der Waals surface area contributed by atoms with Gasteiger partial charge in [-0.2, -0.15) is 0 Å². The van der Waals surface area contributed by atoms with E-state index in [1.54, 1.807) is 10.4 Å². The van der Waals surface area contributed by atoms with Crippen LogP contribution < -0.4 is 5.32 Å². The van der Waals surface area contributed by atoms with Gasteiger partial charge in [0.1, 0.15) is 0 Å². The molecule has 1 nitrogen and oxygen atoms in total. The molecule has 0 aromatic carbocycles. The molecular formula is C16H27NS. The molecular weight excluding hydrogens is 238 g/mol. The predicted octanol–water partition coefficient (Wildman–Crippen LogP) is 4.58. The van der Waals surface area contributed by atoms with Crippen LogP contribution in [0.15, 0.2) is 11.4 Å². The lowest BCUT2D eigenvalue weighted by Crippen LogP contribution is -2.37. The van der Waals surface area contributed by atoms with Gasteiger partial charge in [0, 0.05) is 16.8 Å². The Morgan fingerprint density at radius 2 is 2.28 bits per heavy atom. The zero-order chi connectivity index (χ0) is 13.0. The van der Waals surface area contributed by atoms with E-state index in [-0.39, 0.29) is 0 Å². The zero-order valence-corrected chi connectivity index (χ0v) is 12.9. The van der Waals surface area contributed by atoms with Gasteiger partial charge in [0.15, 0.2) is 0 Å². The third-order valence-electron chi connectivity index (χ3n) is 4.40. The van der Waals surface area contributed by atoms with Crippen molar-refractivity contribution < 1.29 is 0 Å². The summed E-state index contributed by atoms with van der Waals surface area (Å²) < 4.78 is 0. The first-order chi connectivity index (χ1) is 8.76. The highest BCUT2D eigenvalue weighted by Gasteiger charge is 2.28. The summed E-state index contributed by atoms with van der Waals surface area (Å²) >= 11 is 1.96. The third kappa shape index (κ3) is 3.16. The lowest BCUT2D eigenvalue weighted by atomic mass is 9.79. The standard InChI is InChI=1S/C16H27NS/c1-4-12(3)11-15(17-5-2)13-7-6-8-16-14(13)9-10-18-16/h9-10,12-13,15,17H,4-8,11H2,1-3H3. The fourth-order valence-electron chi connectivity index (χ4n) is 3.19. The number of hydrogen-bond donors (Lipinski definition) is 1. The summed E-state index contributed by atoms with van der Waals surface area (Å²) in [5, 5.41) is 6.04. The molecule has 0 bridgehead atoms. The van der Waals surface area contributed by atoms with Crippen LogP contribution in [-0.4, -0.2) is 12.6 Å². The van der Waals surface area contributed by atoms with Crippen LogP contribution in [0.25, 0.3) is 0 Å². The van der Waals surface area contributed by atoms with Crippen molar-refractivity contribution in [3.8, 4) is 0 Å². The first-order valence-corrected chi connectivity index (χ1v) is 8.43. The number of hydrogen-bond acceptors (Lipinski definition) is 2. The van der Waals surface area contributed by atoms with Gasteiger partial charge in [-0.25, -0.2) is 0 Å². The first kappa shape index (κ1) is 14.1. The molecule has 1 aromatic heterocycles. The average Bonchev–Trinajstić information content (AvgIpc) is 2.86. The summed E-state index contributed by atoms with van der Waals surface area (Å²) in [6.07, 6.45) is 6.68. The van der Waals surface area contributed by atoms with Crippen molar-refractivity contribution in [3.05, 3.63) is 21.9 Å². The molecule has 18 heavy (non-hydrogen) atoms. The Hall–Kier alpha value is -0.340. The van der Waals surface area contributed by atoms with Gasteiger partial charge in [-0.05, 0) is 55.2 Å². The number of thiophene rings is 1. The van der Waals surface area contributed by atoms with Gasteiger partial charge in [0.25, 0.3) is 0 Å². The molecule has 1 aromatic rings. The Morgan fingerprint density at radius 1 is 1.44 bits per heavy atom. The van der Waals surface area contributed by atoms with E-state index in [1.165, 1.54) is 32.1 Å². The van der Waals surface area contributed by atoms with Crippen molar-refractivity contribution >= 4 is 11.3 Å². The van der Waals surface area contributed by atoms with Gasteiger partial charge < -0.3 is 5.32 Å². The van der Waals surface area contributed by atoms with Crippen LogP contribution in [0.5, 0.6) is 0 Å². The van der Waals surface area contributed by atoms with E-state index in [4.69, 9.17) is 0 Å². The monoisotopic (exact) mass is 265 g/mol. The maximum atomic E-state index is 3.75. The smallest absolute Gasteiger partial charge is 0.0139 e. The van der Waals surface area contributed by atoms with Crippen molar-refractivity contribution in [3.63, 3.8) is 0 Å². The molecule has 2 heteroatoms. The number of rotatable bonds is 6. The van der Waals surface area contributed by atoms with E-state index in [0.717, 1.165) is 18.4 Å². The molecule has 0 saturated heterocycles. The summed E-state index contributed by atoms with van der Waals surface area (Å²) in [5.74, 6) is 1.59. The average molecular weight is 265 g/mol. The molecule has 3 unspecified atom stereocenters. The van der Waals surface area contributed by atoms with Crippen molar-refractivity contribution in [2.45, 2.75) is 64.8 Å². The Bertz CT molecular complexity index is 358. The van der Waals surface area contributed by atoms with Gasteiger partial charge in [-0.1, -0.05) is 27.2 Å². The summed E-state index contributed by atoms with van der Waals surface area (Å²) in [6.45, 7) is 8.03. The normalized spacial score (nSPS) is 22.5. The van der Waals surface area contributed by atoms with E-state index < -0.39 is 0 Å². The number of likely N-dealkylation sites (N-methyl/N-ethyl adjacent to an activating group) is 1. The van der Waals surface area contributed by atoms with Gasteiger partial charge >= 0.3 is 0 Å². The second-order valence-electron chi connectivity index (χ2n) is 5.71. The Morgan fingerprint density at radius 3 is 3.00 bits per heavy atom. The molecule has 0 amide bonds. The first-order valence-electron chi connectivity index (χ1n) is 7.55. The molecule has 0 spiro atoms. The van der Waals surface area contributed by atoms with Crippen molar-refractivity contribution in [1.82, 2.24) is 5.32 Å². The molecule has 1 aliphatic carbocycles. The molecule has 1 heterocycles. The number of aryl methyl sites for hydroxylation is 1. The van der Waals surface area contributed by atoms with Gasteiger partial charge in [0.2, 0.25) is 0 Å². The SMILES string of the molecule is CCNC(CC(C)CC)C1CCCc2sccc21. The van der Waals surface area contributed by atoms with Gasteiger partial charge in [0.05, 0.1) is 0 Å². The van der Waals surface area contributed by atoms with E-state index in [0.29, 0.717) is 6.04 Å². The van der Waals surface area contributed by atoms with Crippen LogP contribution in [0.3, 0.4) is 0 Å². The second kappa shape index (κ2) is 6.72. The van der Waals surface area contributed by atoms with Crippen LogP contribution in [0.1, 0.15) is 62.8 Å². The molecule has 0 saturated carbocycles. The summed E-state index contributed by atoms with van der Waals surface area (Å²) in [5.41, 5.74) is 1.65. The van der Waals surface area contributed by atoms with Crippen LogP contribution in [0, 0.1) is 5.92 Å². The highest BCUT2D eigenvalue weighted by Crippen LogP contribution is 2.38. The minimum atomic E-state index is 0.679. The lowest BCUT2D eigenvalue weighted by Gasteiger charge is -2.33. The summed E-state index contributed by atoms with van der Waals surface area (Å²) in [6, 6.07) is 3.06. The van der Waals surface area contributed by atoms with Gasteiger partial charge in [-0.3, -0.25) is 0 Å². The predicted molar refractivity (Wildman–Crippen MR) is 81.5 cm³/mol. The Labute approximate surface area is 116 Å². The number of nitrogens with one attached hydrogen (secondary N) is 1. The molecule has 102 valence electrons. The Balaban J connectivity index is 2.12. The lowest BCUT2D eigenvalue weighted by molar-refractivity contribution is 0.331. The maximum Gasteiger partial charge on any atom is 0.0139 e. The maximum absolute atomic E-state index is 3.75. The highest BCUT2D eigenvalue weighted by molar-refractivity contribution is 7.10. The van der Waals surface area contributed by atoms with E-state index >= 15 is 0 Å². The molecule has 1 aliphatic rings. The van der Waals surface area contributed by atoms with Crippen molar-refractivity contribution in [2.24, 2.45) is 5.92 Å². The molecule has 1 N–H and O–H groups in total. The molecule has 0 radical (unpaired) electrons. The van der Waals surface area contributed by atoms with Crippen LogP contribution in [0.2, 0.25) is 0 Å². The van der Waals surface area contributed by atoms with Gasteiger partial charge in [-0.15, -0.1) is 11.3 Å². The largest absolute Gasteiger partial charge is 0.314 e. The van der Waals surface area contributed by atoms with Crippen molar-refractivity contribution in [2.75, 3.05) is 6.54 Å². The highest BCUT2D eigenvalue weighted by atomic mass is 32.1. The second-order valence-corrected chi connectivity index (χ2v) is 6.71. The fraction of sp³-hybridized carbons (Fsp3) is 0.750. The quantitative estimate of drug-likeness (QED) is 0.793. The van der Waals surface area contributed by atoms with E-state index in [2.05, 4.69) is 37.5 Å². The topological polar surface area (TPSA) is 12.0 Å². The third-order valence-corrected chi connectivity index (χ3v) is 5.40. The molecule has 2 rings (SSSR count). The minimum absolute atomic E-state index is 0.679. The minimum Gasteiger partial charge on any atom is -0.314 e. The molecule has 3 atom stereocenters. The van der Waals surface area contributed by atoms with E-state index in [1.807, 2.05) is 11.3 Å². The Kier molecular flexibility index (Phi) is 5.25. The number of fused-ring (bicyclic) bond motifs is 1. The van der Waals surface area contributed by atoms with Crippen LogP contribution in [-0.2, 0) is 6.42 Å². The fourth-order valence-corrected chi connectivity index (χ4v) is 4.19. The van der Waals surface area contributed by atoms with Crippen LogP contribution in [0.4, 0.5) is 0 Å². The van der Waals surface area contributed by atoms with Crippen LogP contribution >= 0.6 is 11.3 Å². The van der Waals surface area contributed by atoms with Crippen molar-refractivity contribution in [1.29, 1.82) is 0 Å². The zero-order valence-electron chi connectivity index (χ0n) is 12.0. The summed E-state index contributed by atoms with van der Waals surface area (Å²) in [7, 11) is 0. The molecule has 0 fully saturated rings. The summed E-state index contributed by atoms with van der Waals surface area (Å²) in [4.78, 5) is 1.65. The molecule has 0 aliphatic heterocycles. The van der Waals surface area contributed by atoms with E-state index in [9.17, 15) is 0 Å².